The van der Waals surface area contributed by atoms with Gasteiger partial charge in [0, 0.05) is 11.9 Å². The van der Waals surface area contributed by atoms with Gasteiger partial charge in [-0.05, 0) is 41.8 Å². The summed E-state index contributed by atoms with van der Waals surface area (Å²) in [5.41, 5.74) is 0.932. The lowest BCUT2D eigenvalue weighted by Gasteiger charge is -2.01. The number of nitrogens with zero attached hydrogens (tertiary/aromatic N) is 1. The van der Waals surface area contributed by atoms with E-state index in [2.05, 4.69) is 0 Å². The molecule has 1 heterocycles. The lowest BCUT2D eigenvalue weighted by atomic mass is 10.2. The van der Waals surface area contributed by atoms with Crippen LogP contribution in [0.2, 0.25) is 0 Å². The van der Waals surface area contributed by atoms with Crippen molar-refractivity contribution in [2.75, 3.05) is 13.3 Å². The van der Waals surface area contributed by atoms with Gasteiger partial charge in [0.15, 0.2) is 0 Å². The smallest absolute Gasteiger partial charge is 0.272 e. The van der Waals surface area contributed by atoms with Gasteiger partial charge in [-0.1, -0.05) is 12.1 Å². The van der Waals surface area contributed by atoms with Gasteiger partial charge in [-0.15, -0.1) is 11.8 Å². The Morgan fingerprint density at radius 1 is 1.24 bits per heavy atom. The van der Waals surface area contributed by atoms with Gasteiger partial charge in [0.1, 0.15) is 0 Å². The minimum absolute atomic E-state index is 0.220. The largest absolute Gasteiger partial charge is 0.293 e. The van der Waals surface area contributed by atoms with Crippen molar-refractivity contribution in [3.05, 3.63) is 34.7 Å². The number of likely N-dealkylation sites (N-methyl/N-ethyl adjacent to an activating group) is 1. The van der Waals surface area contributed by atoms with Gasteiger partial charge in [0.25, 0.3) is 11.1 Å². The Morgan fingerprint density at radius 3 is 2.35 bits per heavy atom. The molecule has 0 N–H and O–H groups in total. The number of amides is 2. The van der Waals surface area contributed by atoms with E-state index >= 15 is 0 Å². The first-order chi connectivity index (χ1) is 8.11. The summed E-state index contributed by atoms with van der Waals surface area (Å²) in [7, 11) is 1.50. The third-order valence-corrected chi connectivity index (χ3v) is 4.10. The van der Waals surface area contributed by atoms with Crippen LogP contribution in [0.25, 0.3) is 6.08 Å². The predicted molar refractivity (Wildman–Crippen MR) is 72.0 cm³/mol. The molecule has 0 unspecified atom stereocenters. The Labute approximate surface area is 108 Å². The molecule has 0 bridgehead atoms. The highest BCUT2D eigenvalue weighted by Crippen LogP contribution is 2.31. The molecule has 1 fully saturated rings. The quantitative estimate of drug-likeness (QED) is 0.608. The van der Waals surface area contributed by atoms with Gasteiger partial charge < -0.3 is 0 Å². The van der Waals surface area contributed by atoms with Crippen molar-refractivity contribution in [2.24, 2.45) is 0 Å². The van der Waals surface area contributed by atoms with Crippen LogP contribution in [0, 0.1) is 0 Å². The van der Waals surface area contributed by atoms with Gasteiger partial charge in [-0.25, -0.2) is 0 Å². The van der Waals surface area contributed by atoms with E-state index in [1.807, 2.05) is 30.5 Å². The topological polar surface area (TPSA) is 37.4 Å². The second kappa shape index (κ2) is 4.98. The highest BCUT2D eigenvalue weighted by atomic mass is 32.2. The zero-order valence-corrected chi connectivity index (χ0v) is 11.1. The second-order valence-electron chi connectivity index (χ2n) is 3.51. The first-order valence-corrected chi connectivity index (χ1v) is 7.01. The molecule has 0 spiro atoms. The fourth-order valence-electron chi connectivity index (χ4n) is 1.40. The van der Waals surface area contributed by atoms with E-state index in [1.165, 1.54) is 11.9 Å². The lowest BCUT2D eigenvalue weighted by Crippen LogP contribution is -2.22. The fraction of sp³-hybridized carbons (Fsp3) is 0.167. The number of carbonyl (C=O) groups is 2. The molecule has 3 nitrogen and oxygen atoms in total. The zero-order chi connectivity index (χ0) is 12.4. The molecule has 88 valence electrons. The van der Waals surface area contributed by atoms with Crippen LogP contribution in [0.3, 0.4) is 0 Å². The van der Waals surface area contributed by atoms with E-state index in [-0.39, 0.29) is 11.1 Å². The number of rotatable bonds is 2. The van der Waals surface area contributed by atoms with Gasteiger partial charge in [0.05, 0.1) is 4.91 Å². The van der Waals surface area contributed by atoms with Crippen LogP contribution in [0.15, 0.2) is 34.1 Å². The molecule has 0 radical (unpaired) electrons. The molecule has 2 rings (SSSR count). The summed E-state index contributed by atoms with van der Waals surface area (Å²) in [5.74, 6) is -0.228. The van der Waals surface area contributed by atoms with E-state index in [0.29, 0.717) is 4.91 Å². The van der Waals surface area contributed by atoms with Crippen LogP contribution in [0.5, 0.6) is 0 Å². The van der Waals surface area contributed by atoms with Crippen molar-refractivity contribution >= 4 is 40.7 Å². The average Bonchev–Trinajstić information content (AvgIpc) is 2.58. The third-order valence-electron chi connectivity index (χ3n) is 2.40. The zero-order valence-electron chi connectivity index (χ0n) is 9.47. The third kappa shape index (κ3) is 2.56. The van der Waals surface area contributed by atoms with E-state index in [0.717, 1.165) is 22.2 Å². The standard InChI is InChI=1S/C12H11NO2S2/c1-13-11(14)10(17-12(13)15)7-8-3-5-9(16-2)6-4-8/h3-7H,1-2H3/b10-7-. The molecule has 1 aliphatic rings. The van der Waals surface area contributed by atoms with Crippen LogP contribution >= 0.6 is 23.5 Å². The molecule has 0 atom stereocenters. The molecular formula is C12H11NO2S2. The summed E-state index contributed by atoms with van der Waals surface area (Å²) in [6.07, 6.45) is 3.76. The first-order valence-electron chi connectivity index (χ1n) is 4.97. The summed E-state index contributed by atoms with van der Waals surface area (Å²) in [4.78, 5) is 25.7. The number of carbonyl (C=O) groups excluding carboxylic acids is 2. The molecule has 1 saturated heterocycles. The molecule has 1 aromatic rings. The van der Waals surface area contributed by atoms with Crippen LogP contribution in [-0.4, -0.2) is 29.3 Å². The molecular weight excluding hydrogens is 254 g/mol. The van der Waals surface area contributed by atoms with Gasteiger partial charge in [-0.3, -0.25) is 14.5 Å². The van der Waals surface area contributed by atoms with E-state index in [1.54, 1.807) is 17.8 Å². The predicted octanol–water partition coefficient (Wildman–Crippen LogP) is 3.07. The molecule has 1 aliphatic heterocycles. The molecule has 2 amide bonds. The van der Waals surface area contributed by atoms with E-state index in [9.17, 15) is 9.59 Å². The Hall–Kier alpha value is -1.20. The number of benzene rings is 1. The molecule has 5 heteroatoms. The molecule has 0 saturated carbocycles. The number of thioether (sulfide) groups is 2. The maximum Gasteiger partial charge on any atom is 0.293 e. The lowest BCUT2D eigenvalue weighted by molar-refractivity contribution is -0.121. The van der Waals surface area contributed by atoms with Crippen molar-refractivity contribution < 1.29 is 9.59 Å². The van der Waals surface area contributed by atoms with Crippen molar-refractivity contribution in [1.29, 1.82) is 0 Å². The second-order valence-corrected chi connectivity index (χ2v) is 5.39. The summed E-state index contributed by atoms with van der Waals surface area (Å²) < 4.78 is 0. The monoisotopic (exact) mass is 265 g/mol. The summed E-state index contributed by atoms with van der Waals surface area (Å²) in [5, 5.41) is -0.220. The Morgan fingerprint density at radius 2 is 1.88 bits per heavy atom. The SMILES string of the molecule is CSc1ccc(/C=C2\SC(=O)N(C)C2=O)cc1. The summed E-state index contributed by atoms with van der Waals surface area (Å²) in [6, 6.07) is 7.87. The minimum atomic E-state index is -0.228. The Kier molecular flexibility index (Phi) is 3.59. The van der Waals surface area contributed by atoms with Crippen molar-refractivity contribution in [3.8, 4) is 0 Å². The van der Waals surface area contributed by atoms with Gasteiger partial charge in [0.2, 0.25) is 0 Å². The van der Waals surface area contributed by atoms with Crippen molar-refractivity contribution in [2.45, 2.75) is 4.90 Å². The highest BCUT2D eigenvalue weighted by Gasteiger charge is 2.31. The molecule has 17 heavy (non-hydrogen) atoms. The fourth-order valence-corrected chi connectivity index (χ4v) is 2.63. The van der Waals surface area contributed by atoms with Crippen LogP contribution in [-0.2, 0) is 4.79 Å². The summed E-state index contributed by atoms with van der Waals surface area (Å²) >= 11 is 2.65. The van der Waals surface area contributed by atoms with E-state index in [4.69, 9.17) is 0 Å². The Bertz CT molecular complexity index is 494. The van der Waals surface area contributed by atoms with Gasteiger partial charge >= 0.3 is 0 Å². The number of hydrogen-bond acceptors (Lipinski definition) is 4. The minimum Gasteiger partial charge on any atom is -0.272 e. The van der Waals surface area contributed by atoms with Gasteiger partial charge in [-0.2, -0.15) is 0 Å². The van der Waals surface area contributed by atoms with E-state index < -0.39 is 0 Å². The Balaban J connectivity index is 2.24. The molecule has 0 aliphatic carbocycles. The molecule has 1 aromatic carbocycles. The highest BCUT2D eigenvalue weighted by molar-refractivity contribution is 8.18. The average molecular weight is 265 g/mol. The van der Waals surface area contributed by atoms with Crippen LogP contribution < -0.4 is 0 Å². The van der Waals surface area contributed by atoms with Crippen LogP contribution in [0.1, 0.15) is 5.56 Å². The summed E-state index contributed by atoms with van der Waals surface area (Å²) in [6.45, 7) is 0. The first kappa shape index (κ1) is 12.3. The van der Waals surface area contributed by atoms with Crippen molar-refractivity contribution in [1.82, 2.24) is 4.90 Å². The van der Waals surface area contributed by atoms with Crippen LogP contribution in [0.4, 0.5) is 4.79 Å². The number of imide groups is 1. The maximum atomic E-state index is 11.7. The normalized spacial score (nSPS) is 18.2. The maximum absolute atomic E-state index is 11.7. The molecule has 0 aromatic heterocycles. The van der Waals surface area contributed by atoms with Crippen molar-refractivity contribution in [3.63, 3.8) is 0 Å². The number of hydrogen-bond donors (Lipinski definition) is 0.